The molecule has 1 saturated heterocycles. The molecule has 122 valence electrons. The first-order valence-corrected chi connectivity index (χ1v) is 8.13. The van der Waals surface area contributed by atoms with Gasteiger partial charge in [-0.25, -0.2) is 4.79 Å². The van der Waals surface area contributed by atoms with E-state index in [-0.39, 0.29) is 32.0 Å². The fraction of sp³-hybridized carbons (Fsp3) is 0.533. The zero-order valence-corrected chi connectivity index (χ0v) is 14.4. The highest BCUT2D eigenvalue weighted by molar-refractivity contribution is 6.68. The van der Waals surface area contributed by atoms with Crippen molar-refractivity contribution in [3.05, 3.63) is 35.9 Å². The number of nitrogens with zero attached hydrogens (tertiary/aromatic N) is 1. The van der Waals surface area contributed by atoms with Crippen LogP contribution >= 0.6 is 34.8 Å². The predicted molar refractivity (Wildman–Crippen MR) is 87.3 cm³/mol. The van der Waals surface area contributed by atoms with Gasteiger partial charge in [0.1, 0.15) is 12.2 Å². The topological polar surface area (TPSA) is 49.8 Å². The maximum absolute atomic E-state index is 12.2. The summed E-state index contributed by atoms with van der Waals surface area (Å²) in [6.45, 7) is 2.28. The van der Waals surface area contributed by atoms with Gasteiger partial charge in [0.15, 0.2) is 0 Å². The Bertz CT molecular complexity index is 521. The van der Waals surface area contributed by atoms with Crippen LogP contribution in [-0.2, 0) is 11.3 Å². The predicted octanol–water partition coefficient (Wildman–Crippen LogP) is 3.91. The summed E-state index contributed by atoms with van der Waals surface area (Å²) >= 11 is 17.5. The number of piperidine rings is 1. The molecule has 1 aromatic carbocycles. The molecule has 1 amide bonds. The summed E-state index contributed by atoms with van der Waals surface area (Å²) in [6, 6.07) is 9.15. The number of ether oxygens (including phenoxy) is 1. The van der Waals surface area contributed by atoms with Gasteiger partial charge >= 0.3 is 6.09 Å². The van der Waals surface area contributed by atoms with Crippen molar-refractivity contribution in [2.24, 2.45) is 0 Å². The summed E-state index contributed by atoms with van der Waals surface area (Å²) in [5, 5.41) is 10.4. The van der Waals surface area contributed by atoms with Crippen LogP contribution < -0.4 is 0 Å². The molecule has 1 aliphatic rings. The van der Waals surface area contributed by atoms with Crippen LogP contribution in [0.15, 0.2) is 30.3 Å². The maximum atomic E-state index is 12.2. The molecule has 2 atom stereocenters. The molecule has 7 heteroatoms. The van der Waals surface area contributed by atoms with Crippen LogP contribution in [0, 0.1) is 0 Å². The van der Waals surface area contributed by atoms with Crippen molar-refractivity contribution in [2.45, 2.75) is 41.8 Å². The van der Waals surface area contributed by atoms with Crippen molar-refractivity contribution in [1.29, 1.82) is 0 Å². The number of aliphatic hydroxyl groups is 1. The van der Waals surface area contributed by atoms with Gasteiger partial charge in [-0.3, -0.25) is 0 Å². The van der Waals surface area contributed by atoms with E-state index in [1.54, 1.807) is 11.8 Å². The highest BCUT2D eigenvalue weighted by Crippen LogP contribution is 2.45. The number of likely N-dealkylation sites (tertiary alicyclic amines) is 1. The third-order valence-electron chi connectivity index (χ3n) is 3.90. The molecule has 22 heavy (non-hydrogen) atoms. The fourth-order valence-corrected chi connectivity index (χ4v) is 3.07. The van der Waals surface area contributed by atoms with Gasteiger partial charge in [-0.1, -0.05) is 65.1 Å². The average molecular weight is 367 g/mol. The van der Waals surface area contributed by atoms with E-state index in [4.69, 9.17) is 39.5 Å². The molecule has 1 heterocycles. The smallest absolute Gasteiger partial charge is 0.410 e. The van der Waals surface area contributed by atoms with Gasteiger partial charge in [-0.2, -0.15) is 0 Å². The second-order valence-corrected chi connectivity index (χ2v) is 7.85. The molecule has 0 saturated carbocycles. The third-order valence-corrected chi connectivity index (χ3v) is 4.95. The SMILES string of the molecule is C[C@H]1C[C@@](O)(C(Cl)(Cl)Cl)CCN1C(=O)OCc1ccccc1. The zero-order valence-electron chi connectivity index (χ0n) is 12.1. The zero-order chi connectivity index (χ0) is 16.4. The second kappa shape index (κ2) is 6.83. The Balaban J connectivity index is 1.93. The molecule has 1 N–H and O–H groups in total. The molecule has 1 fully saturated rings. The lowest BCUT2D eigenvalue weighted by molar-refractivity contribution is -0.0382. The van der Waals surface area contributed by atoms with Crippen molar-refractivity contribution in [3.8, 4) is 0 Å². The first-order valence-electron chi connectivity index (χ1n) is 6.99. The minimum atomic E-state index is -1.78. The molecule has 0 aliphatic carbocycles. The number of hydrogen-bond donors (Lipinski definition) is 1. The molecule has 4 nitrogen and oxygen atoms in total. The molecular formula is C15H18Cl3NO3. The Kier molecular flexibility index (Phi) is 5.49. The Morgan fingerprint density at radius 2 is 2.05 bits per heavy atom. The van der Waals surface area contributed by atoms with Crippen molar-refractivity contribution in [3.63, 3.8) is 0 Å². The lowest BCUT2D eigenvalue weighted by atomic mass is 9.88. The molecule has 0 radical (unpaired) electrons. The van der Waals surface area contributed by atoms with E-state index in [0.29, 0.717) is 0 Å². The van der Waals surface area contributed by atoms with Crippen molar-refractivity contribution >= 4 is 40.9 Å². The number of carbonyl (C=O) groups excluding carboxylic acids is 1. The minimum Gasteiger partial charge on any atom is -0.445 e. The van der Waals surface area contributed by atoms with Crippen LogP contribution in [0.2, 0.25) is 0 Å². The quantitative estimate of drug-likeness (QED) is 0.807. The number of rotatable bonds is 2. The molecule has 0 unspecified atom stereocenters. The molecule has 0 aromatic heterocycles. The lowest BCUT2D eigenvalue weighted by Gasteiger charge is -2.45. The maximum Gasteiger partial charge on any atom is 0.410 e. The molecule has 1 aliphatic heterocycles. The van der Waals surface area contributed by atoms with E-state index >= 15 is 0 Å². The van der Waals surface area contributed by atoms with Gasteiger partial charge < -0.3 is 14.7 Å². The van der Waals surface area contributed by atoms with Crippen LogP contribution in [0.3, 0.4) is 0 Å². The van der Waals surface area contributed by atoms with Crippen LogP contribution in [0.25, 0.3) is 0 Å². The Morgan fingerprint density at radius 3 is 2.59 bits per heavy atom. The highest BCUT2D eigenvalue weighted by atomic mass is 35.6. The van der Waals surface area contributed by atoms with Gasteiger partial charge in [0.2, 0.25) is 3.79 Å². The number of hydrogen-bond acceptors (Lipinski definition) is 3. The standard InChI is InChI=1S/C15H18Cl3NO3/c1-11-9-14(21,15(16,17)18)7-8-19(11)13(20)22-10-12-5-3-2-4-6-12/h2-6,11,21H,7-10H2,1H3/t11-,14+/m0/s1. The summed E-state index contributed by atoms with van der Waals surface area (Å²) in [5.74, 6) is 0. The van der Waals surface area contributed by atoms with Crippen molar-refractivity contribution < 1.29 is 14.6 Å². The van der Waals surface area contributed by atoms with Gasteiger partial charge in [-0.15, -0.1) is 0 Å². The summed E-state index contributed by atoms with van der Waals surface area (Å²) in [4.78, 5) is 13.7. The Hall–Kier alpha value is -0.680. The van der Waals surface area contributed by atoms with Gasteiger partial charge in [-0.05, 0) is 18.9 Å². The molecule has 2 rings (SSSR count). The first kappa shape index (κ1) is 17.7. The first-order chi connectivity index (χ1) is 10.2. The number of halogens is 3. The average Bonchev–Trinajstić information content (AvgIpc) is 2.45. The third kappa shape index (κ3) is 3.99. The molecular weight excluding hydrogens is 349 g/mol. The monoisotopic (exact) mass is 365 g/mol. The number of carbonyl (C=O) groups is 1. The van der Waals surface area contributed by atoms with Crippen molar-refractivity contribution in [1.82, 2.24) is 4.90 Å². The van der Waals surface area contributed by atoms with Gasteiger partial charge in [0.05, 0.1) is 0 Å². The number of benzene rings is 1. The largest absolute Gasteiger partial charge is 0.445 e. The summed E-state index contributed by atoms with van der Waals surface area (Å²) < 4.78 is 3.52. The van der Waals surface area contributed by atoms with Crippen LogP contribution in [0.5, 0.6) is 0 Å². The summed E-state index contributed by atoms with van der Waals surface area (Å²) in [7, 11) is 0. The molecule has 0 bridgehead atoms. The van der Waals surface area contributed by atoms with Gasteiger partial charge in [0.25, 0.3) is 0 Å². The van der Waals surface area contributed by atoms with E-state index in [1.165, 1.54) is 0 Å². The molecule has 0 spiro atoms. The normalized spacial score (nSPS) is 25.9. The van der Waals surface area contributed by atoms with E-state index in [1.807, 2.05) is 30.3 Å². The van der Waals surface area contributed by atoms with Crippen LogP contribution in [-0.4, -0.2) is 38.1 Å². The lowest BCUT2D eigenvalue weighted by Crippen LogP contribution is -2.56. The van der Waals surface area contributed by atoms with E-state index in [9.17, 15) is 9.90 Å². The summed E-state index contributed by atoms with van der Waals surface area (Å²) in [5.41, 5.74) is -0.522. The second-order valence-electron chi connectivity index (χ2n) is 5.57. The van der Waals surface area contributed by atoms with Crippen LogP contribution in [0.4, 0.5) is 4.79 Å². The van der Waals surface area contributed by atoms with E-state index in [2.05, 4.69) is 0 Å². The Morgan fingerprint density at radius 1 is 1.41 bits per heavy atom. The summed E-state index contributed by atoms with van der Waals surface area (Å²) in [6.07, 6.45) is -0.0548. The Labute approximate surface area is 144 Å². The fourth-order valence-electron chi connectivity index (χ4n) is 2.56. The van der Waals surface area contributed by atoms with E-state index < -0.39 is 15.5 Å². The van der Waals surface area contributed by atoms with Crippen LogP contribution in [0.1, 0.15) is 25.3 Å². The van der Waals surface area contributed by atoms with Crippen molar-refractivity contribution in [2.75, 3.05) is 6.54 Å². The van der Waals surface area contributed by atoms with Gasteiger partial charge in [0, 0.05) is 19.0 Å². The number of alkyl halides is 3. The minimum absolute atomic E-state index is 0.184. The van der Waals surface area contributed by atoms with E-state index in [0.717, 1.165) is 5.56 Å². The number of amides is 1. The highest BCUT2D eigenvalue weighted by Gasteiger charge is 2.51. The molecule has 1 aromatic rings.